The molecule has 1 saturated carbocycles. The third kappa shape index (κ3) is 3.19. The molecule has 146 valence electrons. The first-order valence-electron chi connectivity index (χ1n) is 9.05. The van der Waals surface area contributed by atoms with Crippen LogP contribution in [0.1, 0.15) is 36.8 Å². The number of benzene rings is 2. The Morgan fingerprint density at radius 1 is 1.04 bits per heavy atom. The summed E-state index contributed by atoms with van der Waals surface area (Å²) in [7, 11) is -1.00. The van der Waals surface area contributed by atoms with Crippen molar-refractivity contribution in [3.8, 4) is 0 Å². The number of rotatable bonds is 3. The second-order valence-electron chi connectivity index (χ2n) is 7.37. The van der Waals surface area contributed by atoms with Crippen molar-refractivity contribution in [3.05, 3.63) is 59.4 Å². The van der Waals surface area contributed by atoms with Crippen molar-refractivity contribution in [1.82, 2.24) is 0 Å². The van der Waals surface area contributed by atoms with Crippen LogP contribution in [0.25, 0.3) is 11.1 Å². The van der Waals surface area contributed by atoms with Crippen molar-refractivity contribution in [3.63, 3.8) is 0 Å². The number of hydrogen-bond donors (Lipinski definition) is 0. The molecule has 1 aliphatic heterocycles. The van der Waals surface area contributed by atoms with E-state index in [1.54, 1.807) is 24.3 Å². The summed E-state index contributed by atoms with van der Waals surface area (Å²) in [5.41, 5.74) is 1.56. The largest absolute Gasteiger partial charge is 0.451 e. The number of carbonyl (C=O) groups is 1. The minimum Gasteiger partial charge on any atom is -0.451 e. The second kappa shape index (κ2) is 6.78. The average Bonchev–Trinajstić information content (AvgIpc) is 3.21. The van der Waals surface area contributed by atoms with E-state index in [4.69, 9.17) is 4.74 Å². The molecule has 1 heterocycles. The Labute approximate surface area is 165 Å². The van der Waals surface area contributed by atoms with Gasteiger partial charge in [-0.1, -0.05) is 24.3 Å². The van der Waals surface area contributed by atoms with Gasteiger partial charge in [0.05, 0.1) is 10.5 Å². The maximum Gasteiger partial charge on any atom is 0.340 e. The lowest BCUT2D eigenvalue weighted by atomic mass is 9.83. The van der Waals surface area contributed by atoms with E-state index in [1.807, 2.05) is 0 Å². The lowest BCUT2D eigenvalue weighted by Crippen LogP contribution is -2.27. The predicted molar refractivity (Wildman–Crippen MR) is 109 cm³/mol. The molecule has 2 aromatic carbocycles. The predicted octanol–water partition coefficient (Wildman–Crippen LogP) is 3.51. The van der Waals surface area contributed by atoms with Crippen LogP contribution in [0.4, 0.5) is 4.39 Å². The Morgan fingerprint density at radius 2 is 1.64 bits per heavy atom. The van der Waals surface area contributed by atoms with E-state index >= 15 is 0 Å². The van der Waals surface area contributed by atoms with Crippen molar-refractivity contribution < 1.29 is 22.3 Å². The molecule has 4 rings (SSSR count). The lowest BCUT2D eigenvalue weighted by Gasteiger charge is -2.26. The van der Waals surface area contributed by atoms with Gasteiger partial charge >= 0.3 is 5.97 Å². The highest BCUT2D eigenvalue weighted by molar-refractivity contribution is 7.90. The Bertz CT molecular complexity index is 1100. The molecule has 0 N–H and O–H groups in total. The standard InChI is InChI=1S/C21H20FO4PS/c1-28(24,25)15-7-4-13(5-8-15)19-18(14-6-9-17(27)16(22)12-14)20(23)26-21(19)10-2-3-11-21/h4-9,12H,2-3,10-11,27H2,1H3. The molecule has 1 atom stereocenters. The number of ether oxygens (including phenoxy) is 1. The Morgan fingerprint density at radius 3 is 2.21 bits per heavy atom. The molecule has 0 saturated heterocycles. The molecule has 0 bridgehead atoms. The van der Waals surface area contributed by atoms with E-state index in [-0.39, 0.29) is 4.90 Å². The molecule has 1 spiro atoms. The highest BCUT2D eigenvalue weighted by atomic mass is 32.2. The minimum atomic E-state index is -3.32. The molecule has 1 aliphatic carbocycles. The topological polar surface area (TPSA) is 60.4 Å². The highest BCUT2D eigenvalue weighted by Crippen LogP contribution is 2.52. The summed E-state index contributed by atoms with van der Waals surface area (Å²) in [6, 6.07) is 11.1. The van der Waals surface area contributed by atoms with E-state index in [1.165, 1.54) is 18.2 Å². The molecule has 4 nitrogen and oxygen atoms in total. The fourth-order valence-electron chi connectivity index (χ4n) is 4.13. The molecule has 7 heteroatoms. The number of halogens is 1. The molecule has 0 radical (unpaired) electrons. The van der Waals surface area contributed by atoms with Crippen LogP contribution >= 0.6 is 9.24 Å². The molecular formula is C21H20FO4PS. The third-order valence-electron chi connectivity index (χ3n) is 5.47. The van der Waals surface area contributed by atoms with Gasteiger partial charge in [-0.25, -0.2) is 17.6 Å². The lowest BCUT2D eigenvalue weighted by molar-refractivity contribution is -0.143. The second-order valence-corrected chi connectivity index (χ2v) is 10.0. The zero-order chi connectivity index (χ0) is 20.1. The van der Waals surface area contributed by atoms with Crippen molar-refractivity contribution in [2.75, 3.05) is 6.26 Å². The summed E-state index contributed by atoms with van der Waals surface area (Å²) in [5.74, 6) is -0.873. The van der Waals surface area contributed by atoms with Gasteiger partial charge in [0.1, 0.15) is 11.4 Å². The molecule has 2 aromatic rings. The molecule has 2 aliphatic rings. The number of esters is 1. The van der Waals surface area contributed by atoms with Crippen LogP contribution < -0.4 is 5.30 Å². The van der Waals surface area contributed by atoms with Crippen LogP contribution in [0, 0.1) is 5.82 Å². The summed E-state index contributed by atoms with van der Waals surface area (Å²) in [6.07, 6.45) is 4.43. The molecule has 0 aromatic heterocycles. The van der Waals surface area contributed by atoms with Gasteiger partial charge < -0.3 is 4.74 Å². The van der Waals surface area contributed by atoms with Gasteiger partial charge in [0.25, 0.3) is 0 Å². The van der Waals surface area contributed by atoms with E-state index < -0.39 is 27.2 Å². The van der Waals surface area contributed by atoms with Crippen molar-refractivity contribution >= 4 is 41.5 Å². The van der Waals surface area contributed by atoms with Crippen LogP contribution in [-0.4, -0.2) is 26.2 Å². The normalized spacial score (nSPS) is 18.8. The Hall–Kier alpha value is -2.04. The zero-order valence-electron chi connectivity index (χ0n) is 15.4. The Kier molecular flexibility index (Phi) is 4.67. The zero-order valence-corrected chi connectivity index (χ0v) is 17.3. The summed E-state index contributed by atoms with van der Waals surface area (Å²) >= 11 is 0. The molecular weight excluding hydrogens is 398 g/mol. The average molecular weight is 418 g/mol. The van der Waals surface area contributed by atoms with Gasteiger partial charge in [-0.15, -0.1) is 9.24 Å². The highest BCUT2D eigenvalue weighted by Gasteiger charge is 2.50. The Balaban J connectivity index is 1.94. The van der Waals surface area contributed by atoms with Crippen LogP contribution in [0.5, 0.6) is 0 Å². The van der Waals surface area contributed by atoms with Gasteiger partial charge in [0.15, 0.2) is 9.84 Å². The number of carbonyl (C=O) groups excluding carboxylic acids is 1. The van der Waals surface area contributed by atoms with E-state index in [2.05, 4.69) is 9.24 Å². The van der Waals surface area contributed by atoms with Gasteiger partial charge in [-0.05, 0) is 55.0 Å². The van der Waals surface area contributed by atoms with Gasteiger partial charge in [0, 0.05) is 17.1 Å². The van der Waals surface area contributed by atoms with Gasteiger partial charge in [-0.3, -0.25) is 0 Å². The first kappa shape index (κ1) is 19.3. The maximum atomic E-state index is 14.2. The number of sulfone groups is 1. The van der Waals surface area contributed by atoms with Crippen LogP contribution in [0.3, 0.4) is 0 Å². The molecule has 0 amide bonds. The fourth-order valence-corrected chi connectivity index (χ4v) is 4.94. The van der Waals surface area contributed by atoms with Crippen LogP contribution in [0.2, 0.25) is 0 Å². The third-order valence-corrected chi connectivity index (χ3v) is 7.07. The molecule has 1 unspecified atom stereocenters. The molecule has 1 fully saturated rings. The molecule has 28 heavy (non-hydrogen) atoms. The van der Waals surface area contributed by atoms with Gasteiger partial charge in [0.2, 0.25) is 0 Å². The quantitative estimate of drug-likeness (QED) is 0.565. The van der Waals surface area contributed by atoms with Crippen LogP contribution in [-0.2, 0) is 19.4 Å². The van der Waals surface area contributed by atoms with Crippen molar-refractivity contribution in [2.45, 2.75) is 36.2 Å². The van der Waals surface area contributed by atoms with Gasteiger partial charge in [-0.2, -0.15) is 0 Å². The summed E-state index contributed by atoms with van der Waals surface area (Å²) in [5, 5.41) is 0.422. The van der Waals surface area contributed by atoms with E-state index in [9.17, 15) is 17.6 Å². The maximum absolute atomic E-state index is 14.2. The SMILES string of the molecule is CS(=O)(=O)c1ccc(C2=C(c3ccc(P)c(F)c3)C(=O)OC23CCCC3)cc1. The minimum absolute atomic E-state index is 0.211. The van der Waals surface area contributed by atoms with Crippen LogP contribution in [0.15, 0.2) is 47.4 Å². The summed E-state index contributed by atoms with van der Waals surface area (Å²) in [4.78, 5) is 13.0. The van der Waals surface area contributed by atoms with Crippen molar-refractivity contribution in [2.24, 2.45) is 0 Å². The van der Waals surface area contributed by atoms with Crippen molar-refractivity contribution in [1.29, 1.82) is 0 Å². The smallest absolute Gasteiger partial charge is 0.340 e. The number of hydrogen-bond acceptors (Lipinski definition) is 4. The van der Waals surface area contributed by atoms with E-state index in [0.717, 1.165) is 30.2 Å². The first-order chi connectivity index (χ1) is 13.2. The monoisotopic (exact) mass is 418 g/mol. The summed E-state index contributed by atoms with van der Waals surface area (Å²) < 4.78 is 43.6. The summed E-state index contributed by atoms with van der Waals surface area (Å²) in [6.45, 7) is 0. The first-order valence-corrected chi connectivity index (χ1v) is 11.5. The fraction of sp³-hybridized carbons (Fsp3) is 0.286. The van der Waals surface area contributed by atoms with E-state index in [0.29, 0.717) is 29.3 Å².